The summed E-state index contributed by atoms with van der Waals surface area (Å²) in [6, 6.07) is 11.4. The number of methoxy groups -OCH3 is 1. The minimum absolute atomic E-state index is 0.0587. The van der Waals surface area contributed by atoms with Gasteiger partial charge in [-0.15, -0.1) is 0 Å². The number of hydrogen-bond donors (Lipinski definition) is 1. The molecule has 2 aromatic carbocycles. The highest BCUT2D eigenvalue weighted by atomic mass is 19.4. The molecule has 3 rings (SSSR count). The molecule has 0 spiro atoms. The zero-order valence-corrected chi connectivity index (χ0v) is 18.5. The minimum atomic E-state index is -4.48. The van der Waals surface area contributed by atoms with E-state index in [-0.39, 0.29) is 13.0 Å². The van der Waals surface area contributed by atoms with E-state index in [4.69, 9.17) is 9.47 Å². The number of nitrogens with one attached hydrogen (secondary N) is 1. The van der Waals surface area contributed by atoms with Crippen molar-refractivity contribution in [3.8, 4) is 0 Å². The highest BCUT2D eigenvalue weighted by Gasteiger charge is 2.37. The summed E-state index contributed by atoms with van der Waals surface area (Å²) in [5.74, 6) is -1.30. The maximum atomic E-state index is 12.9. The van der Waals surface area contributed by atoms with Gasteiger partial charge in [0, 0.05) is 13.0 Å². The summed E-state index contributed by atoms with van der Waals surface area (Å²) >= 11 is 0. The number of amides is 2. The van der Waals surface area contributed by atoms with Crippen LogP contribution in [-0.2, 0) is 38.3 Å². The highest BCUT2D eigenvalue weighted by molar-refractivity contribution is 5.90. The van der Waals surface area contributed by atoms with E-state index in [0.29, 0.717) is 24.9 Å². The Bertz CT molecular complexity index is 996. The topological polar surface area (TPSA) is 84.9 Å². The third-order valence-electron chi connectivity index (χ3n) is 5.52. The van der Waals surface area contributed by atoms with Crippen molar-refractivity contribution >= 4 is 18.0 Å². The number of esters is 1. The van der Waals surface area contributed by atoms with Crippen molar-refractivity contribution in [1.29, 1.82) is 0 Å². The Morgan fingerprint density at radius 1 is 1.06 bits per heavy atom. The quantitative estimate of drug-likeness (QED) is 0.614. The lowest BCUT2D eigenvalue weighted by atomic mass is 10.0. The number of rotatable bonds is 7. The molecule has 0 bridgehead atoms. The zero-order chi connectivity index (χ0) is 24.7. The Morgan fingerprint density at radius 3 is 2.35 bits per heavy atom. The average Bonchev–Trinajstić information content (AvgIpc) is 3.32. The van der Waals surface area contributed by atoms with Gasteiger partial charge in [-0.25, -0.2) is 9.59 Å². The highest BCUT2D eigenvalue weighted by Crippen LogP contribution is 2.29. The Balaban J connectivity index is 1.63. The lowest BCUT2D eigenvalue weighted by molar-refractivity contribution is -0.145. The summed E-state index contributed by atoms with van der Waals surface area (Å²) in [6.45, 7) is 0.386. The number of halogens is 3. The van der Waals surface area contributed by atoms with Gasteiger partial charge >= 0.3 is 18.2 Å². The monoisotopic (exact) mass is 478 g/mol. The first kappa shape index (κ1) is 25.1. The molecule has 2 amide bonds. The molecular weight excluding hydrogens is 453 g/mol. The molecule has 10 heteroatoms. The fourth-order valence-corrected chi connectivity index (χ4v) is 3.73. The van der Waals surface area contributed by atoms with E-state index in [1.165, 1.54) is 17.0 Å². The predicted molar refractivity (Wildman–Crippen MR) is 115 cm³/mol. The summed E-state index contributed by atoms with van der Waals surface area (Å²) in [4.78, 5) is 39.0. The molecule has 1 saturated heterocycles. The van der Waals surface area contributed by atoms with Gasteiger partial charge < -0.3 is 14.8 Å². The number of nitrogens with zero attached hydrogens (tertiary/aromatic N) is 1. The number of benzene rings is 2. The molecule has 0 radical (unpaired) electrons. The second-order valence-corrected chi connectivity index (χ2v) is 7.87. The van der Waals surface area contributed by atoms with E-state index >= 15 is 0 Å². The van der Waals surface area contributed by atoms with Crippen LogP contribution < -0.4 is 5.32 Å². The zero-order valence-electron chi connectivity index (χ0n) is 18.5. The van der Waals surface area contributed by atoms with Gasteiger partial charge in [0.25, 0.3) is 0 Å². The molecular formula is C24H25F3N2O5. The predicted octanol–water partition coefficient (Wildman–Crippen LogP) is 3.71. The Hall–Kier alpha value is -3.56. The normalized spacial score (nSPS) is 16.6. The Kier molecular flexibility index (Phi) is 8.14. The number of carbonyl (C=O) groups excluding carboxylic acids is 3. The molecule has 2 aromatic rings. The largest absolute Gasteiger partial charge is 0.467 e. The smallest absolute Gasteiger partial charge is 0.416 e. The number of alkyl halides is 3. The first-order chi connectivity index (χ1) is 16.2. The molecule has 0 aliphatic carbocycles. The molecule has 2 atom stereocenters. The first-order valence-corrected chi connectivity index (χ1v) is 10.7. The number of carbonyl (C=O) groups is 3. The summed E-state index contributed by atoms with van der Waals surface area (Å²) in [7, 11) is 1.15. The van der Waals surface area contributed by atoms with Gasteiger partial charge in [-0.2, -0.15) is 13.2 Å². The van der Waals surface area contributed by atoms with E-state index in [1.807, 2.05) is 30.3 Å². The minimum Gasteiger partial charge on any atom is -0.467 e. The SMILES string of the molecule is COC(=O)[C@H](Cc1ccc(C(F)(F)F)cc1)NC(=O)[C@H]1CCCN1C(=O)OCc1ccccc1. The van der Waals surface area contributed by atoms with Crippen LogP contribution in [0.4, 0.5) is 18.0 Å². The Labute approximate surface area is 194 Å². The van der Waals surface area contributed by atoms with Crippen molar-refractivity contribution in [2.75, 3.05) is 13.7 Å². The lowest BCUT2D eigenvalue weighted by Gasteiger charge is -2.25. The van der Waals surface area contributed by atoms with Gasteiger partial charge in [0.1, 0.15) is 18.7 Å². The van der Waals surface area contributed by atoms with Gasteiger partial charge in [-0.3, -0.25) is 9.69 Å². The van der Waals surface area contributed by atoms with Crippen LogP contribution in [-0.4, -0.2) is 48.6 Å². The lowest BCUT2D eigenvalue weighted by Crippen LogP contribution is -2.51. The third-order valence-corrected chi connectivity index (χ3v) is 5.52. The second kappa shape index (κ2) is 11.0. The molecule has 0 saturated carbocycles. The average molecular weight is 478 g/mol. The standard InChI is InChI=1S/C24H25F3N2O5/c1-33-22(31)19(14-16-9-11-18(12-10-16)24(25,26)27)28-21(30)20-8-5-13-29(20)23(32)34-15-17-6-3-2-4-7-17/h2-4,6-7,9-12,19-20H,5,8,13-15H2,1H3,(H,28,30)/t19-,20+/m0/s1. The molecule has 0 aromatic heterocycles. The molecule has 1 aliphatic heterocycles. The van der Waals surface area contributed by atoms with Gasteiger partial charge in [0.2, 0.25) is 5.91 Å². The van der Waals surface area contributed by atoms with Crippen molar-refractivity contribution in [2.45, 2.75) is 44.1 Å². The van der Waals surface area contributed by atoms with Crippen molar-refractivity contribution in [3.63, 3.8) is 0 Å². The maximum absolute atomic E-state index is 12.9. The molecule has 1 N–H and O–H groups in total. The van der Waals surface area contributed by atoms with Gasteiger partial charge in [-0.1, -0.05) is 42.5 Å². The molecule has 34 heavy (non-hydrogen) atoms. The second-order valence-electron chi connectivity index (χ2n) is 7.87. The van der Waals surface area contributed by atoms with Gasteiger partial charge in [0.05, 0.1) is 12.7 Å². The van der Waals surface area contributed by atoms with E-state index in [0.717, 1.165) is 24.8 Å². The van der Waals surface area contributed by atoms with Crippen LogP contribution in [0.2, 0.25) is 0 Å². The van der Waals surface area contributed by atoms with Crippen LogP contribution in [0, 0.1) is 0 Å². The van der Waals surface area contributed by atoms with Crippen molar-refractivity contribution in [3.05, 3.63) is 71.3 Å². The van der Waals surface area contributed by atoms with Crippen LogP contribution in [0.5, 0.6) is 0 Å². The van der Waals surface area contributed by atoms with Gasteiger partial charge in [0.15, 0.2) is 0 Å². The fraction of sp³-hybridized carbons (Fsp3) is 0.375. The summed E-state index contributed by atoms with van der Waals surface area (Å²) < 4.78 is 48.4. The number of hydrogen-bond acceptors (Lipinski definition) is 5. The molecule has 1 aliphatic rings. The van der Waals surface area contributed by atoms with E-state index in [2.05, 4.69) is 5.32 Å². The first-order valence-electron chi connectivity index (χ1n) is 10.7. The van der Waals surface area contributed by atoms with Crippen LogP contribution in [0.25, 0.3) is 0 Å². The molecule has 0 unspecified atom stereocenters. The molecule has 182 valence electrons. The van der Waals surface area contributed by atoms with Crippen LogP contribution in [0.15, 0.2) is 54.6 Å². The molecule has 1 fully saturated rings. The van der Waals surface area contributed by atoms with Gasteiger partial charge in [-0.05, 0) is 36.1 Å². The van der Waals surface area contributed by atoms with Crippen LogP contribution in [0.3, 0.4) is 0 Å². The Morgan fingerprint density at radius 2 is 1.74 bits per heavy atom. The van der Waals surface area contributed by atoms with E-state index in [1.54, 1.807) is 0 Å². The van der Waals surface area contributed by atoms with E-state index in [9.17, 15) is 27.6 Å². The van der Waals surface area contributed by atoms with E-state index < -0.39 is 41.8 Å². The number of likely N-dealkylation sites (tertiary alicyclic amines) is 1. The van der Waals surface area contributed by atoms with Crippen molar-refractivity contribution < 1.29 is 37.0 Å². The fourth-order valence-electron chi connectivity index (χ4n) is 3.73. The summed E-state index contributed by atoms with van der Waals surface area (Å²) in [5.41, 5.74) is 0.401. The summed E-state index contributed by atoms with van der Waals surface area (Å²) in [6.07, 6.45) is -4.21. The molecule has 7 nitrogen and oxygen atoms in total. The van der Waals surface area contributed by atoms with Crippen LogP contribution >= 0.6 is 0 Å². The van der Waals surface area contributed by atoms with Crippen molar-refractivity contribution in [1.82, 2.24) is 10.2 Å². The maximum Gasteiger partial charge on any atom is 0.416 e. The summed E-state index contributed by atoms with van der Waals surface area (Å²) in [5, 5.41) is 2.58. The molecule has 1 heterocycles. The van der Waals surface area contributed by atoms with Crippen molar-refractivity contribution in [2.24, 2.45) is 0 Å². The third kappa shape index (κ3) is 6.49. The number of ether oxygens (including phenoxy) is 2. The van der Waals surface area contributed by atoms with Crippen LogP contribution in [0.1, 0.15) is 29.5 Å².